The molecular weight excluding hydrogens is 230 g/mol. The van der Waals surface area contributed by atoms with Gasteiger partial charge < -0.3 is 20.9 Å². The van der Waals surface area contributed by atoms with Gasteiger partial charge in [0.1, 0.15) is 0 Å². The van der Waals surface area contributed by atoms with Gasteiger partial charge in [-0.25, -0.2) is 0 Å². The molecule has 1 aromatic carbocycles. The first-order chi connectivity index (χ1) is 7.25. The number of ether oxygens (including phenoxy) is 2. The summed E-state index contributed by atoms with van der Waals surface area (Å²) in [5, 5.41) is 0. The van der Waals surface area contributed by atoms with Gasteiger partial charge in [-0.1, -0.05) is 6.07 Å². The van der Waals surface area contributed by atoms with E-state index in [0.29, 0.717) is 13.3 Å². The molecule has 0 saturated heterocycles. The van der Waals surface area contributed by atoms with Crippen LogP contribution in [-0.4, -0.2) is 19.3 Å². The van der Waals surface area contributed by atoms with Gasteiger partial charge in [-0.05, 0) is 24.1 Å². The Labute approximate surface area is 99.8 Å². The van der Waals surface area contributed by atoms with E-state index in [2.05, 4.69) is 4.99 Å². The average molecular weight is 244 g/mol. The Balaban J connectivity index is 0.00000128. The minimum absolute atomic E-state index is 0. The summed E-state index contributed by atoms with van der Waals surface area (Å²) >= 11 is 0. The van der Waals surface area contributed by atoms with Crippen LogP contribution in [0.3, 0.4) is 0 Å². The van der Waals surface area contributed by atoms with Crippen molar-refractivity contribution in [2.24, 2.45) is 16.5 Å². The van der Waals surface area contributed by atoms with Crippen molar-refractivity contribution in [1.29, 1.82) is 0 Å². The molecule has 0 aliphatic carbocycles. The highest BCUT2D eigenvalue weighted by atomic mass is 35.5. The fraction of sp³-hybridized carbons (Fsp3) is 0.300. The molecule has 88 valence electrons. The first-order valence-electron chi connectivity index (χ1n) is 4.69. The highest BCUT2D eigenvalue weighted by Crippen LogP contribution is 2.32. The molecule has 0 atom stereocenters. The summed E-state index contributed by atoms with van der Waals surface area (Å²) in [7, 11) is 0. The number of benzene rings is 1. The van der Waals surface area contributed by atoms with Crippen LogP contribution < -0.4 is 20.9 Å². The maximum Gasteiger partial charge on any atom is 0.231 e. The lowest BCUT2D eigenvalue weighted by Gasteiger charge is -2.00. The summed E-state index contributed by atoms with van der Waals surface area (Å²) in [5.41, 5.74) is 11.6. The highest BCUT2D eigenvalue weighted by molar-refractivity contribution is 5.85. The minimum Gasteiger partial charge on any atom is -0.454 e. The Kier molecular flexibility index (Phi) is 4.25. The molecule has 0 saturated carbocycles. The molecule has 0 radical (unpaired) electrons. The number of nitrogens with two attached hydrogens (primary N) is 2. The molecule has 1 aliphatic heterocycles. The zero-order valence-corrected chi connectivity index (χ0v) is 9.50. The predicted molar refractivity (Wildman–Crippen MR) is 64.2 cm³/mol. The van der Waals surface area contributed by atoms with E-state index >= 15 is 0 Å². The van der Waals surface area contributed by atoms with Crippen molar-refractivity contribution in [3.05, 3.63) is 23.8 Å². The molecule has 4 N–H and O–H groups in total. The van der Waals surface area contributed by atoms with Crippen molar-refractivity contribution < 1.29 is 9.47 Å². The second-order valence-corrected chi connectivity index (χ2v) is 3.24. The third-order valence-corrected chi connectivity index (χ3v) is 2.13. The van der Waals surface area contributed by atoms with Gasteiger partial charge in [0.15, 0.2) is 17.5 Å². The molecule has 6 heteroatoms. The lowest BCUT2D eigenvalue weighted by atomic mass is 10.1. The Hall–Kier alpha value is -1.62. The smallest absolute Gasteiger partial charge is 0.231 e. The van der Waals surface area contributed by atoms with E-state index in [-0.39, 0.29) is 18.4 Å². The third-order valence-electron chi connectivity index (χ3n) is 2.13. The third kappa shape index (κ3) is 2.93. The first kappa shape index (κ1) is 12.4. The summed E-state index contributed by atoms with van der Waals surface area (Å²) in [6.07, 6.45) is 0.786. The fourth-order valence-corrected chi connectivity index (χ4v) is 1.41. The summed E-state index contributed by atoms with van der Waals surface area (Å²) in [6.45, 7) is 0.884. The van der Waals surface area contributed by atoms with Crippen molar-refractivity contribution in [1.82, 2.24) is 0 Å². The van der Waals surface area contributed by atoms with Crippen molar-refractivity contribution in [3.8, 4) is 11.5 Å². The average Bonchev–Trinajstić information content (AvgIpc) is 2.64. The van der Waals surface area contributed by atoms with Crippen LogP contribution in [0.4, 0.5) is 0 Å². The molecule has 1 heterocycles. The maximum absolute atomic E-state index is 5.26. The standard InChI is InChI=1S/C10H13N3O2.ClH/c11-10(12)13-4-3-7-1-2-8-9(5-7)15-6-14-8;/h1-2,5H,3-4,6H2,(H4,11,12,13);1H. The second kappa shape index (κ2) is 5.46. The molecule has 0 spiro atoms. The summed E-state index contributed by atoms with van der Waals surface area (Å²) < 4.78 is 10.5. The van der Waals surface area contributed by atoms with E-state index in [9.17, 15) is 0 Å². The van der Waals surface area contributed by atoms with Crippen molar-refractivity contribution in [2.45, 2.75) is 6.42 Å². The van der Waals surface area contributed by atoms with E-state index in [4.69, 9.17) is 20.9 Å². The van der Waals surface area contributed by atoms with Gasteiger partial charge in [0.05, 0.1) is 0 Å². The van der Waals surface area contributed by atoms with Crippen molar-refractivity contribution in [2.75, 3.05) is 13.3 Å². The summed E-state index contributed by atoms with van der Waals surface area (Å²) in [6, 6.07) is 5.83. The lowest BCUT2D eigenvalue weighted by molar-refractivity contribution is 0.174. The molecule has 2 rings (SSSR count). The van der Waals surface area contributed by atoms with Crippen LogP contribution in [0.2, 0.25) is 0 Å². The van der Waals surface area contributed by atoms with Crippen LogP contribution in [0.5, 0.6) is 11.5 Å². The van der Waals surface area contributed by atoms with E-state index in [1.165, 1.54) is 0 Å². The highest BCUT2D eigenvalue weighted by Gasteiger charge is 2.12. The van der Waals surface area contributed by atoms with E-state index in [1.807, 2.05) is 18.2 Å². The SMILES string of the molecule is Cl.NC(N)=NCCc1ccc2c(c1)OCO2. The molecule has 0 fully saturated rings. The quantitative estimate of drug-likeness (QED) is 0.603. The van der Waals surface area contributed by atoms with Crippen LogP contribution in [0, 0.1) is 0 Å². The van der Waals surface area contributed by atoms with Crippen molar-refractivity contribution in [3.63, 3.8) is 0 Å². The Morgan fingerprint density at radius 3 is 2.75 bits per heavy atom. The van der Waals surface area contributed by atoms with Gasteiger partial charge >= 0.3 is 0 Å². The molecule has 0 amide bonds. The minimum atomic E-state index is 0. The fourth-order valence-electron chi connectivity index (χ4n) is 1.41. The van der Waals surface area contributed by atoms with Gasteiger partial charge in [0.2, 0.25) is 6.79 Å². The number of aliphatic imine (C=N–C) groups is 1. The molecule has 0 bridgehead atoms. The number of guanidine groups is 1. The van der Waals surface area contributed by atoms with Crippen LogP contribution >= 0.6 is 12.4 Å². The van der Waals surface area contributed by atoms with E-state index in [0.717, 1.165) is 23.5 Å². The molecule has 5 nitrogen and oxygen atoms in total. The monoisotopic (exact) mass is 243 g/mol. The van der Waals surface area contributed by atoms with Crippen molar-refractivity contribution >= 4 is 18.4 Å². The van der Waals surface area contributed by atoms with Crippen LogP contribution in [0.15, 0.2) is 23.2 Å². The number of rotatable bonds is 3. The number of nitrogens with zero attached hydrogens (tertiary/aromatic N) is 1. The Morgan fingerprint density at radius 2 is 2.00 bits per heavy atom. The largest absolute Gasteiger partial charge is 0.454 e. The molecule has 1 aliphatic rings. The van der Waals surface area contributed by atoms with Gasteiger partial charge in [-0.15, -0.1) is 12.4 Å². The topological polar surface area (TPSA) is 82.9 Å². The zero-order valence-electron chi connectivity index (χ0n) is 8.68. The van der Waals surface area contributed by atoms with Gasteiger partial charge in [-0.2, -0.15) is 0 Å². The van der Waals surface area contributed by atoms with E-state index in [1.54, 1.807) is 0 Å². The predicted octanol–water partition coefficient (Wildman–Crippen LogP) is 0.653. The van der Waals surface area contributed by atoms with Gasteiger partial charge in [-0.3, -0.25) is 4.99 Å². The summed E-state index contributed by atoms with van der Waals surface area (Å²) in [4.78, 5) is 3.91. The lowest BCUT2D eigenvalue weighted by Crippen LogP contribution is -2.23. The number of fused-ring (bicyclic) bond motifs is 1. The number of hydrogen-bond acceptors (Lipinski definition) is 3. The zero-order chi connectivity index (χ0) is 10.7. The molecule has 1 aromatic rings. The normalized spacial score (nSPS) is 11.8. The first-order valence-corrected chi connectivity index (χ1v) is 4.69. The Morgan fingerprint density at radius 1 is 1.25 bits per heavy atom. The van der Waals surface area contributed by atoms with Crippen LogP contribution in [-0.2, 0) is 6.42 Å². The maximum atomic E-state index is 5.26. The Bertz CT molecular complexity index is 392. The number of hydrogen-bond donors (Lipinski definition) is 2. The second-order valence-electron chi connectivity index (χ2n) is 3.24. The molecule has 16 heavy (non-hydrogen) atoms. The van der Waals surface area contributed by atoms with Gasteiger partial charge in [0, 0.05) is 6.54 Å². The van der Waals surface area contributed by atoms with Crippen LogP contribution in [0.25, 0.3) is 0 Å². The van der Waals surface area contributed by atoms with Crippen LogP contribution in [0.1, 0.15) is 5.56 Å². The molecule has 0 aromatic heterocycles. The van der Waals surface area contributed by atoms with E-state index < -0.39 is 0 Å². The molecule has 0 unspecified atom stereocenters. The summed E-state index contributed by atoms with van der Waals surface area (Å²) in [5.74, 6) is 1.70. The number of halogens is 1. The molecular formula is C10H14ClN3O2. The van der Waals surface area contributed by atoms with Gasteiger partial charge in [0.25, 0.3) is 0 Å².